The van der Waals surface area contributed by atoms with Crippen molar-refractivity contribution in [2.75, 3.05) is 16.2 Å². The molecule has 9 heteroatoms. The number of amides is 1. The molecule has 0 atom stereocenters. The fourth-order valence-corrected chi connectivity index (χ4v) is 4.78. The molecule has 28 heavy (non-hydrogen) atoms. The molecule has 1 aromatic heterocycles. The highest BCUT2D eigenvalue weighted by molar-refractivity contribution is 7.92. The van der Waals surface area contributed by atoms with Crippen molar-refractivity contribution in [1.29, 1.82) is 0 Å². The molecule has 3 aromatic rings. The lowest BCUT2D eigenvalue weighted by Crippen LogP contribution is -2.28. The van der Waals surface area contributed by atoms with Crippen LogP contribution in [0.4, 0.5) is 20.2 Å². The van der Waals surface area contributed by atoms with E-state index in [0.717, 1.165) is 17.7 Å². The molecule has 0 saturated heterocycles. The molecule has 0 saturated carbocycles. The first-order chi connectivity index (χ1) is 13.3. The number of halogens is 2. The minimum atomic E-state index is -4.11. The maximum atomic E-state index is 13.4. The highest BCUT2D eigenvalue weighted by Gasteiger charge is 2.27. The van der Waals surface area contributed by atoms with E-state index in [1.54, 1.807) is 35.2 Å². The SMILES string of the molecule is O=C(c1cccs1)N1CCc2ccc(NS(=O)(=O)c3ccc(F)c(F)c3)cc21. The number of nitrogens with one attached hydrogen (secondary N) is 1. The number of sulfonamides is 1. The van der Waals surface area contributed by atoms with Gasteiger partial charge in [-0.2, -0.15) is 0 Å². The van der Waals surface area contributed by atoms with Gasteiger partial charge in [-0.25, -0.2) is 17.2 Å². The number of anilines is 2. The first kappa shape index (κ1) is 18.6. The Morgan fingerprint density at radius 3 is 2.61 bits per heavy atom. The van der Waals surface area contributed by atoms with Crippen LogP contribution >= 0.6 is 11.3 Å². The number of rotatable bonds is 4. The van der Waals surface area contributed by atoms with Crippen molar-refractivity contribution in [3.63, 3.8) is 0 Å². The van der Waals surface area contributed by atoms with Gasteiger partial charge in [0.1, 0.15) is 0 Å². The minimum Gasteiger partial charge on any atom is -0.307 e. The molecule has 5 nitrogen and oxygen atoms in total. The highest BCUT2D eigenvalue weighted by atomic mass is 32.2. The topological polar surface area (TPSA) is 66.5 Å². The summed E-state index contributed by atoms with van der Waals surface area (Å²) < 4.78 is 53.8. The molecule has 0 unspecified atom stereocenters. The van der Waals surface area contributed by atoms with Crippen LogP contribution in [0.5, 0.6) is 0 Å². The summed E-state index contributed by atoms with van der Waals surface area (Å²) in [6.45, 7) is 0.505. The van der Waals surface area contributed by atoms with Crippen molar-refractivity contribution in [3.05, 3.63) is 76.0 Å². The van der Waals surface area contributed by atoms with Crippen molar-refractivity contribution in [2.24, 2.45) is 0 Å². The summed E-state index contributed by atoms with van der Waals surface area (Å²) in [6, 6.07) is 10.8. The van der Waals surface area contributed by atoms with E-state index in [1.807, 2.05) is 5.38 Å². The van der Waals surface area contributed by atoms with Crippen LogP contribution in [0.2, 0.25) is 0 Å². The molecule has 4 rings (SSSR count). The van der Waals surface area contributed by atoms with Crippen LogP contribution < -0.4 is 9.62 Å². The van der Waals surface area contributed by atoms with Crippen molar-refractivity contribution >= 4 is 38.6 Å². The van der Waals surface area contributed by atoms with Gasteiger partial charge in [-0.3, -0.25) is 9.52 Å². The number of nitrogens with zero attached hydrogens (tertiary/aromatic N) is 1. The predicted octanol–water partition coefficient (Wildman–Crippen LogP) is 4.03. The fourth-order valence-electron chi connectivity index (χ4n) is 3.05. The molecule has 1 aliphatic heterocycles. The second-order valence-electron chi connectivity index (χ2n) is 6.21. The van der Waals surface area contributed by atoms with E-state index < -0.39 is 26.6 Å². The predicted molar refractivity (Wildman–Crippen MR) is 103 cm³/mol. The standard InChI is InChI=1S/C19H14F2N2O3S2/c20-15-6-5-14(11-16(15)21)28(25,26)22-13-4-3-12-7-8-23(17(12)10-13)19(24)18-2-1-9-27-18/h1-6,9-11,22H,7-8H2. The number of carbonyl (C=O) groups is 1. The van der Waals surface area contributed by atoms with E-state index in [2.05, 4.69) is 4.72 Å². The molecular formula is C19H14F2N2O3S2. The Balaban J connectivity index is 1.63. The van der Waals surface area contributed by atoms with E-state index in [0.29, 0.717) is 29.6 Å². The third-order valence-electron chi connectivity index (χ3n) is 4.41. The number of hydrogen-bond acceptors (Lipinski definition) is 4. The number of hydrogen-bond donors (Lipinski definition) is 1. The maximum Gasteiger partial charge on any atom is 0.268 e. The lowest BCUT2D eigenvalue weighted by atomic mass is 10.1. The smallest absolute Gasteiger partial charge is 0.268 e. The van der Waals surface area contributed by atoms with Crippen molar-refractivity contribution in [2.45, 2.75) is 11.3 Å². The summed E-state index contributed by atoms with van der Waals surface area (Å²) in [5.41, 5.74) is 1.79. The maximum absolute atomic E-state index is 13.4. The van der Waals surface area contributed by atoms with Gasteiger partial charge >= 0.3 is 0 Å². The zero-order chi connectivity index (χ0) is 19.9. The van der Waals surface area contributed by atoms with E-state index in [-0.39, 0.29) is 11.6 Å². The van der Waals surface area contributed by atoms with Gasteiger partial charge in [0.05, 0.1) is 15.5 Å². The average Bonchev–Trinajstić information content (AvgIpc) is 3.32. The van der Waals surface area contributed by atoms with Gasteiger partial charge in [-0.05, 0) is 53.8 Å². The summed E-state index contributed by atoms with van der Waals surface area (Å²) in [5.74, 6) is -2.52. The van der Waals surface area contributed by atoms with Gasteiger partial charge in [0.25, 0.3) is 15.9 Å². The van der Waals surface area contributed by atoms with E-state index in [4.69, 9.17) is 0 Å². The Bertz CT molecular complexity index is 1160. The number of thiophene rings is 1. The molecule has 1 amide bonds. The largest absolute Gasteiger partial charge is 0.307 e. The summed E-state index contributed by atoms with van der Waals surface area (Å²) >= 11 is 1.34. The van der Waals surface area contributed by atoms with Crippen molar-refractivity contribution in [3.8, 4) is 0 Å². The van der Waals surface area contributed by atoms with Gasteiger partial charge in [-0.15, -0.1) is 11.3 Å². The third-order valence-corrected chi connectivity index (χ3v) is 6.65. The second-order valence-corrected chi connectivity index (χ2v) is 8.84. The Kier molecular flexibility index (Phi) is 4.64. The first-order valence-corrected chi connectivity index (χ1v) is 10.7. The highest BCUT2D eigenvalue weighted by Crippen LogP contribution is 2.33. The Morgan fingerprint density at radius 2 is 1.89 bits per heavy atom. The van der Waals surface area contributed by atoms with Crippen LogP contribution in [0.15, 0.2) is 58.8 Å². The summed E-state index contributed by atoms with van der Waals surface area (Å²) in [5, 5.41) is 1.82. The molecule has 2 aromatic carbocycles. The molecule has 0 radical (unpaired) electrons. The summed E-state index contributed by atoms with van der Waals surface area (Å²) in [6.07, 6.45) is 0.669. The average molecular weight is 420 g/mol. The Morgan fingerprint density at radius 1 is 1.07 bits per heavy atom. The van der Waals surface area contributed by atoms with Gasteiger partial charge in [-0.1, -0.05) is 12.1 Å². The van der Waals surface area contributed by atoms with Gasteiger partial charge < -0.3 is 4.90 Å². The van der Waals surface area contributed by atoms with E-state index in [1.165, 1.54) is 11.3 Å². The number of carbonyl (C=O) groups excluding carboxylic acids is 1. The summed E-state index contributed by atoms with van der Waals surface area (Å²) in [7, 11) is -4.11. The first-order valence-electron chi connectivity index (χ1n) is 8.31. The van der Waals surface area contributed by atoms with E-state index in [9.17, 15) is 22.0 Å². The molecule has 0 aliphatic carbocycles. The van der Waals surface area contributed by atoms with Gasteiger partial charge in [0.15, 0.2) is 11.6 Å². The van der Waals surface area contributed by atoms with Crippen LogP contribution in [-0.2, 0) is 16.4 Å². The van der Waals surface area contributed by atoms with Crippen LogP contribution in [0.3, 0.4) is 0 Å². The lowest BCUT2D eigenvalue weighted by Gasteiger charge is -2.17. The molecular weight excluding hydrogens is 406 g/mol. The zero-order valence-corrected chi connectivity index (χ0v) is 16.0. The molecule has 1 N–H and O–H groups in total. The summed E-state index contributed by atoms with van der Waals surface area (Å²) in [4.78, 5) is 14.5. The van der Waals surface area contributed by atoms with Crippen molar-refractivity contribution in [1.82, 2.24) is 0 Å². The molecule has 144 valence electrons. The number of benzene rings is 2. The molecule has 0 fully saturated rings. The van der Waals surface area contributed by atoms with Crippen LogP contribution in [0.25, 0.3) is 0 Å². The van der Waals surface area contributed by atoms with Crippen LogP contribution in [0, 0.1) is 11.6 Å². The quantitative estimate of drug-likeness (QED) is 0.693. The van der Waals surface area contributed by atoms with Crippen molar-refractivity contribution < 1.29 is 22.0 Å². The second kappa shape index (κ2) is 6.99. The third kappa shape index (κ3) is 3.38. The Labute approximate surface area is 164 Å². The van der Waals surface area contributed by atoms with Crippen LogP contribution in [-0.4, -0.2) is 20.9 Å². The minimum absolute atomic E-state index is 0.144. The van der Waals surface area contributed by atoms with Crippen LogP contribution in [0.1, 0.15) is 15.2 Å². The fraction of sp³-hybridized carbons (Fsp3) is 0.105. The monoisotopic (exact) mass is 420 g/mol. The molecule has 0 spiro atoms. The molecule has 1 aliphatic rings. The molecule has 0 bridgehead atoms. The van der Waals surface area contributed by atoms with Gasteiger partial charge in [0.2, 0.25) is 0 Å². The Hall–Kier alpha value is -2.78. The number of fused-ring (bicyclic) bond motifs is 1. The normalized spacial score (nSPS) is 13.4. The lowest BCUT2D eigenvalue weighted by molar-refractivity contribution is 0.0993. The zero-order valence-electron chi connectivity index (χ0n) is 14.4. The van der Waals surface area contributed by atoms with E-state index >= 15 is 0 Å². The van der Waals surface area contributed by atoms with Gasteiger partial charge in [0, 0.05) is 12.2 Å². The molecule has 2 heterocycles.